The summed E-state index contributed by atoms with van der Waals surface area (Å²) in [5.74, 6) is 2.67. The molecular weight excluding hydrogens is 244 g/mol. The minimum absolute atomic E-state index is 0.787. The lowest BCUT2D eigenvalue weighted by Gasteiger charge is -2.31. The first kappa shape index (κ1) is 15.5. The fourth-order valence-corrected chi connectivity index (χ4v) is 4.44. The van der Waals surface area contributed by atoms with Gasteiger partial charge in [0.15, 0.2) is 0 Å². The Kier molecular flexibility index (Phi) is 7.10. The molecule has 0 N–H and O–H groups in total. The van der Waals surface area contributed by atoms with Crippen molar-refractivity contribution in [2.75, 3.05) is 5.75 Å². The molecule has 0 saturated heterocycles. The second-order valence-electron chi connectivity index (χ2n) is 5.89. The van der Waals surface area contributed by atoms with Crippen LogP contribution in [0, 0.1) is 11.8 Å². The molecule has 2 heteroatoms. The molecule has 0 aromatic rings. The summed E-state index contributed by atoms with van der Waals surface area (Å²) in [6.45, 7) is 9.30. The van der Waals surface area contributed by atoms with Crippen LogP contribution in [0.25, 0.3) is 0 Å². The summed E-state index contributed by atoms with van der Waals surface area (Å²) < 4.78 is 0. The van der Waals surface area contributed by atoms with E-state index in [1.54, 1.807) is 5.57 Å². The van der Waals surface area contributed by atoms with Crippen LogP contribution in [0.4, 0.5) is 0 Å². The van der Waals surface area contributed by atoms with E-state index in [0.717, 1.165) is 28.1 Å². The fourth-order valence-electron chi connectivity index (χ4n) is 2.42. The molecule has 0 spiro atoms. The molecule has 100 valence electrons. The van der Waals surface area contributed by atoms with E-state index in [2.05, 4.69) is 58.2 Å². The Morgan fingerprint density at radius 2 is 2.06 bits per heavy atom. The summed E-state index contributed by atoms with van der Waals surface area (Å²) in [6, 6.07) is 0. The van der Waals surface area contributed by atoms with E-state index in [0.29, 0.717) is 0 Å². The molecule has 1 aliphatic carbocycles. The van der Waals surface area contributed by atoms with Gasteiger partial charge >= 0.3 is 0 Å². The third-order valence-corrected chi connectivity index (χ3v) is 5.70. The fraction of sp³-hybridized carbons (Fsp3) is 0.867. The van der Waals surface area contributed by atoms with Crippen molar-refractivity contribution >= 4 is 24.4 Å². The highest BCUT2D eigenvalue weighted by Crippen LogP contribution is 2.36. The van der Waals surface area contributed by atoms with Gasteiger partial charge < -0.3 is 0 Å². The largest absolute Gasteiger partial charge is 0.179 e. The lowest BCUT2D eigenvalue weighted by Crippen LogP contribution is -2.24. The van der Waals surface area contributed by atoms with Crippen LogP contribution >= 0.6 is 24.4 Å². The molecule has 0 bridgehead atoms. The van der Waals surface area contributed by atoms with E-state index in [9.17, 15) is 0 Å². The molecule has 0 nitrogen and oxygen atoms in total. The van der Waals surface area contributed by atoms with Gasteiger partial charge in [0, 0.05) is 10.5 Å². The molecule has 3 unspecified atom stereocenters. The topological polar surface area (TPSA) is 0 Å². The highest BCUT2D eigenvalue weighted by atomic mass is 32.2. The van der Waals surface area contributed by atoms with Gasteiger partial charge in [-0.25, -0.2) is 0 Å². The van der Waals surface area contributed by atoms with Crippen LogP contribution in [0.3, 0.4) is 0 Å². The molecule has 17 heavy (non-hydrogen) atoms. The molecule has 3 atom stereocenters. The summed E-state index contributed by atoms with van der Waals surface area (Å²) in [4.78, 5) is 0. The minimum atomic E-state index is 0.787. The van der Waals surface area contributed by atoms with E-state index in [1.165, 1.54) is 25.7 Å². The number of rotatable bonds is 6. The van der Waals surface area contributed by atoms with E-state index in [-0.39, 0.29) is 0 Å². The van der Waals surface area contributed by atoms with Crippen LogP contribution in [0.1, 0.15) is 53.4 Å². The van der Waals surface area contributed by atoms with Crippen molar-refractivity contribution in [2.45, 2.75) is 63.9 Å². The summed E-state index contributed by atoms with van der Waals surface area (Å²) >= 11 is 6.73. The molecule has 0 aromatic carbocycles. The molecule has 0 aliphatic heterocycles. The third-order valence-electron chi connectivity index (χ3n) is 3.60. The van der Waals surface area contributed by atoms with E-state index < -0.39 is 0 Å². The SMILES string of the molecule is CC1=CCC(SC(C)CCC(C)C)C(CS)C1. The van der Waals surface area contributed by atoms with Crippen LogP contribution in [0.5, 0.6) is 0 Å². The number of thiol groups is 1. The Morgan fingerprint density at radius 3 is 2.65 bits per heavy atom. The van der Waals surface area contributed by atoms with Crippen molar-refractivity contribution in [3.63, 3.8) is 0 Å². The van der Waals surface area contributed by atoms with Gasteiger partial charge in [0.05, 0.1) is 0 Å². The third kappa shape index (κ3) is 5.74. The van der Waals surface area contributed by atoms with Crippen LogP contribution in [0.15, 0.2) is 11.6 Å². The number of hydrogen-bond acceptors (Lipinski definition) is 2. The van der Waals surface area contributed by atoms with Crippen molar-refractivity contribution < 1.29 is 0 Å². The highest BCUT2D eigenvalue weighted by Gasteiger charge is 2.25. The van der Waals surface area contributed by atoms with Crippen LogP contribution in [-0.2, 0) is 0 Å². The zero-order valence-electron chi connectivity index (χ0n) is 11.8. The Bertz CT molecular complexity index is 245. The smallest absolute Gasteiger partial charge is 0.0123 e. The Labute approximate surface area is 117 Å². The number of allylic oxidation sites excluding steroid dienone is 2. The lowest BCUT2D eigenvalue weighted by molar-refractivity contribution is 0.525. The Hall–Kier alpha value is 0.440. The normalized spacial score (nSPS) is 27.1. The summed E-state index contributed by atoms with van der Waals surface area (Å²) in [5.41, 5.74) is 1.57. The van der Waals surface area contributed by atoms with Gasteiger partial charge in [0.2, 0.25) is 0 Å². The molecular formula is C15H28S2. The van der Waals surface area contributed by atoms with E-state index >= 15 is 0 Å². The maximum atomic E-state index is 4.53. The molecule has 0 amide bonds. The number of thioether (sulfide) groups is 1. The molecule has 0 heterocycles. The summed E-state index contributed by atoms with van der Waals surface area (Å²) in [7, 11) is 0. The number of hydrogen-bond donors (Lipinski definition) is 1. The molecule has 0 fully saturated rings. The van der Waals surface area contributed by atoms with E-state index in [1.807, 2.05) is 0 Å². The van der Waals surface area contributed by atoms with Gasteiger partial charge in [-0.3, -0.25) is 0 Å². The van der Waals surface area contributed by atoms with E-state index in [4.69, 9.17) is 0 Å². The molecule has 1 rings (SSSR count). The van der Waals surface area contributed by atoms with Gasteiger partial charge in [-0.05, 0) is 50.2 Å². The van der Waals surface area contributed by atoms with Crippen LogP contribution in [0.2, 0.25) is 0 Å². The second kappa shape index (κ2) is 7.78. The highest BCUT2D eigenvalue weighted by molar-refractivity contribution is 8.00. The monoisotopic (exact) mass is 272 g/mol. The Balaban J connectivity index is 2.38. The maximum absolute atomic E-state index is 4.53. The quantitative estimate of drug-likeness (QED) is 0.512. The standard InChI is InChI=1S/C15H28S2/c1-11(2)5-7-13(4)17-15-8-6-12(3)9-14(15)10-16/h6,11,13-16H,5,7-10H2,1-4H3. The first-order valence-corrected chi connectivity index (χ1v) is 8.52. The minimum Gasteiger partial charge on any atom is -0.179 e. The van der Waals surface area contributed by atoms with Crippen molar-refractivity contribution in [1.29, 1.82) is 0 Å². The van der Waals surface area contributed by atoms with Crippen molar-refractivity contribution in [3.8, 4) is 0 Å². The predicted octanol–water partition coefficient (Wildman–Crippen LogP) is 5.20. The molecule has 0 saturated carbocycles. The maximum Gasteiger partial charge on any atom is 0.0123 e. The summed E-state index contributed by atoms with van der Waals surface area (Å²) in [6.07, 6.45) is 7.68. The lowest BCUT2D eigenvalue weighted by atomic mass is 9.90. The average Bonchev–Trinajstić information content (AvgIpc) is 2.28. The van der Waals surface area contributed by atoms with Gasteiger partial charge in [-0.2, -0.15) is 24.4 Å². The molecule has 0 aromatic heterocycles. The first-order chi connectivity index (χ1) is 8.02. The summed E-state index contributed by atoms with van der Waals surface area (Å²) in [5, 5.41) is 1.61. The first-order valence-electron chi connectivity index (χ1n) is 6.94. The zero-order chi connectivity index (χ0) is 12.8. The van der Waals surface area contributed by atoms with Gasteiger partial charge in [0.25, 0.3) is 0 Å². The van der Waals surface area contributed by atoms with Crippen LogP contribution in [-0.4, -0.2) is 16.3 Å². The van der Waals surface area contributed by atoms with Gasteiger partial charge in [-0.15, -0.1) is 0 Å². The average molecular weight is 273 g/mol. The Morgan fingerprint density at radius 1 is 1.35 bits per heavy atom. The van der Waals surface area contributed by atoms with Crippen molar-refractivity contribution in [2.24, 2.45) is 11.8 Å². The van der Waals surface area contributed by atoms with Crippen molar-refractivity contribution in [3.05, 3.63) is 11.6 Å². The second-order valence-corrected chi connectivity index (χ2v) is 7.94. The zero-order valence-corrected chi connectivity index (χ0v) is 13.5. The predicted molar refractivity (Wildman–Crippen MR) is 85.2 cm³/mol. The van der Waals surface area contributed by atoms with Crippen LogP contribution < -0.4 is 0 Å². The van der Waals surface area contributed by atoms with Gasteiger partial charge in [0.1, 0.15) is 0 Å². The van der Waals surface area contributed by atoms with Gasteiger partial charge in [-0.1, -0.05) is 32.4 Å². The van der Waals surface area contributed by atoms with Crippen molar-refractivity contribution in [1.82, 2.24) is 0 Å². The molecule has 0 radical (unpaired) electrons. The molecule has 1 aliphatic rings.